The fourth-order valence-electron chi connectivity index (χ4n) is 2.06. The van der Waals surface area contributed by atoms with Crippen molar-refractivity contribution < 1.29 is 8.42 Å². The number of nitrogens with zero attached hydrogens (tertiary/aromatic N) is 3. The minimum Gasteiger partial charge on any atom is -0.276 e. The average Bonchev–Trinajstić information content (AvgIpc) is 2.94. The monoisotopic (exact) mass is 348 g/mol. The molecule has 0 atom stereocenters. The molecule has 1 N–H and O–H groups in total. The molecule has 0 aliphatic carbocycles. The molecule has 0 aliphatic rings. The van der Waals surface area contributed by atoms with Gasteiger partial charge in [0.25, 0.3) is 10.0 Å². The lowest BCUT2D eigenvalue weighted by Crippen LogP contribution is -2.17. The summed E-state index contributed by atoms with van der Waals surface area (Å²) >= 11 is 1.40. The molecule has 0 aliphatic heterocycles. The Hall–Kier alpha value is -2.06. The highest BCUT2D eigenvalue weighted by Crippen LogP contribution is 2.26. The molecule has 3 aromatic rings. The number of aromatic nitrogens is 3. The largest absolute Gasteiger partial charge is 0.276 e. The van der Waals surface area contributed by atoms with Gasteiger partial charge in [-0.1, -0.05) is 26.8 Å². The van der Waals surface area contributed by atoms with Crippen LogP contribution in [0.2, 0.25) is 0 Å². The van der Waals surface area contributed by atoms with Crippen molar-refractivity contribution in [2.45, 2.75) is 31.1 Å². The Morgan fingerprint density at radius 3 is 2.43 bits per heavy atom. The highest BCUT2D eigenvalue weighted by atomic mass is 32.2. The molecule has 0 amide bonds. The van der Waals surface area contributed by atoms with E-state index >= 15 is 0 Å². The van der Waals surface area contributed by atoms with E-state index in [0.717, 1.165) is 4.70 Å². The Morgan fingerprint density at radius 2 is 1.78 bits per heavy atom. The summed E-state index contributed by atoms with van der Waals surface area (Å²) < 4.78 is 28.5. The normalized spacial score (nSPS) is 12.5. The third kappa shape index (κ3) is 3.18. The molecule has 0 radical (unpaired) electrons. The molecule has 0 bridgehead atoms. The second-order valence-corrected chi connectivity index (χ2v) is 8.64. The van der Waals surface area contributed by atoms with E-state index in [1.807, 2.05) is 26.8 Å². The molecule has 0 saturated heterocycles. The Balaban J connectivity index is 1.94. The van der Waals surface area contributed by atoms with Gasteiger partial charge in [-0.25, -0.2) is 23.4 Å². The molecule has 120 valence electrons. The Morgan fingerprint density at radius 1 is 1.09 bits per heavy atom. The van der Waals surface area contributed by atoms with Crippen molar-refractivity contribution in [2.75, 3.05) is 4.72 Å². The van der Waals surface area contributed by atoms with E-state index in [-0.39, 0.29) is 10.3 Å². The maximum Gasteiger partial charge on any atom is 0.264 e. The number of benzene rings is 1. The van der Waals surface area contributed by atoms with E-state index < -0.39 is 10.0 Å². The molecule has 2 heterocycles. The summed E-state index contributed by atoms with van der Waals surface area (Å²) in [5, 5.41) is 0. The smallest absolute Gasteiger partial charge is 0.264 e. The van der Waals surface area contributed by atoms with Crippen molar-refractivity contribution in [1.29, 1.82) is 0 Å². The standard InChI is InChI=1S/C15H16N4O2S2/c1-15(2,3)14-16-7-10(8-17-14)19-23(20,21)12-6-4-5-11-13(12)18-9-22-11/h4-9,19H,1-3H3. The molecular formula is C15H16N4O2S2. The van der Waals surface area contributed by atoms with E-state index in [0.29, 0.717) is 17.0 Å². The van der Waals surface area contributed by atoms with Crippen molar-refractivity contribution in [2.24, 2.45) is 0 Å². The molecule has 3 rings (SSSR count). The fourth-order valence-corrected chi connectivity index (χ4v) is 4.02. The maximum atomic E-state index is 12.6. The lowest BCUT2D eigenvalue weighted by atomic mass is 9.96. The summed E-state index contributed by atoms with van der Waals surface area (Å²) in [6.07, 6.45) is 2.96. The zero-order chi connectivity index (χ0) is 16.7. The molecular weight excluding hydrogens is 332 g/mol. The zero-order valence-corrected chi connectivity index (χ0v) is 14.6. The quantitative estimate of drug-likeness (QED) is 0.786. The van der Waals surface area contributed by atoms with Gasteiger partial charge in [0, 0.05) is 5.41 Å². The van der Waals surface area contributed by atoms with Gasteiger partial charge in [-0.15, -0.1) is 11.3 Å². The van der Waals surface area contributed by atoms with E-state index in [1.165, 1.54) is 29.8 Å². The lowest BCUT2D eigenvalue weighted by molar-refractivity contribution is 0.545. The molecule has 6 nitrogen and oxygen atoms in total. The van der Waals surface area contributed by atoms with Gasteiger partial charge >= 0.3 is 0 Å². The van der Waals surface area contributed by atoms with Crippen molar-refractivity contribution >= 4 is 37.3 Å². The summed E-state index contributed by atoms with van der Waals surface area (Å²) in [5.41, 5.74) is 2.23. The van der Waals surface area contributed by atoms with Gasteiger partial charge in [0.05, 0.1) is 28.3 Å². The van der Waals surface area contributed by atoms with Crippen LogP contribution in [0.3, 0.4) is 0 Å². The predicted molar refractivity (Wildman–Crippen MR) is 91.2 cm³/mol. The van der Waals surface area contributed by atoms with Crippen LogP contribution in [0.4, 0.5) is 5.69 Å². The number of anilines is 1. The van der Waals surface area contributed by atoms with Crippen LogP contribution in [0.25, 0.3) is 10.2 Å². The summed E-state index contributed by atoms with van der Waals surface area (Å²) in [5.74, 6) is 0.655. The topological polar surface area (TPSA) is 84.8 Å². The lowest BCUT2D eigenvalue weighted by Gasteiger charge is -2.16. The first kappa shape index (κ1) is 15.8. The first-order chi connectivity index (χ1) is 10.8. The SMILES string of the molecule is CC(C)(C)c1ncc(NS(=O)(=O)c2cccc3scnc23)cn1. The third-order valence-corrected chi connectivity index (χ3v) is 5.39. The average molecular weight is 348 g/mol. The molecule has 1 aromatic carbocycles. The second kappa shape index (κ2) is 5.54. The highest BCUT2D eigenvalue weighted by molar-refractivity contribution is 7.93. The number of sulfonamides is 1. The molecule has 0 spiro atoms. The Kier molecular flexibility index (Phi) is 3.81. The highest BCUT2D eigenvalue weighted by Gasteiger charge is 2.21. The number of fused-ring (bicyclic) bond motifs is 1. The Labute approximate surface area is 138 Å². The molecule has 2 aromatic heterocycles. The molecule has 23 heavy (non-hydrogen) atoms. The van der Waals surface area contributed by atoms with Gasteiger partial charge in [-0.2, -0.15) is 0 Å². The van der Waals surface area contributed by atoms with Crippen LogP contribution < -0.4 is 4.72 Å². The number of rotatable bonds is 3. The van der Waals surface area contributed by atoms with Gasteiger partial charge in [0.2, 0.25) is 0 Å². The van der Waals surface area contributed by atoms with Crippen LogP contribution in [0.15, 0.2) is 41.0 Å². The van der Waals surface area contributed by atoms with Gasteiger partial charge in [0.1, 0.15) is 16.2 Å². The third-order valence-electron chi connectivity index (χ3n) is 3.19. The molecule has 0 fully saturated rings. The van der Waals surface area contributed by atoms with Crippen LogP contribution in [-0.2, 0) is 15.4 Å². The van der Waals surface area contributed by atoms with Crippen molar-refractivity contribution in [3.8, 4) is 0 Å². The first-order valence-electron chi connectivity index (χ1n) is 6.95. The summed E-state index contributed by atoms with van der Waals surface area (Å²) in [6.45, 7) is 5.99. The summed E-state index contributed by atoms with van der Waals surface area (Å²) in [7, 11) is -3.74. The maximum absolute atomic E-state index is 12.6. The van der Waals surface area contributed by atoms with Gasteiger partial charge in [0.15, 0.2) is 0 Å². The molecule has 0 unspecified atom stereocenters. The minimum atomic E-state index is -3.74. The van der Waals surface area contributed by atoms with Crippen molar-refractivity contribution in [1.82, 2.24) is 15.0 Å². The van der Waals surface area contributed by atoms with Crippen molar-refractivity contribution in [3.63, 3.8) is 0 Å². The fraction of sp³-hybridized carbons (Fsp3) is 0.267. The Bertz CT molecular complexity index is 942. The molecule has 0 saturated carbocycles. The zero-order valence-electron chi connectivity index (χ0n) is 12.9. The van der Waals surface area contributed by atoms with Crippen LogP contribution in [0.1, 0.15) is 26.6 Å². The van der Waals surface area contributed by atoms with Crippen LogP contribution in [-0.4, -0.2) is 23.4 Å². The van der Waals surface area contributed by atoms with Gasteiger partial charge in [-0.3, -0.25) is 4.72 Å². The van der Waals surface area contributed by atoms with E-state index in [4.69, 9.17) is 0 Å². The van der Waals surface area contributed by atoms with Gasteiger partial charge in [-0.05, 0) is 12.1 Å². The van der Waals surface area contributed by atoms with Crippen LogP contribution >= 0.6 is 11.3 Å². The van der Waals surface area contributed by atoms with E-state index in [1.54, 1.807) is 11.6 Å². The number of para-hydroxylation sites is 1. The van der Waals surface area contributed by atoms with Gasteiger partial charge < -0.3 is 0 Å². The molecule has 8 heteroatoms. The summed E-state index contributed by atoms with van der Waals surface area (Å²) in [4.78, 5) is 12.7. The predicted octanol–water partition coefficient (Wildman–Crippen LogP) is 3.18. The summed E-state index contributed by atoms with van der Waals surface area (Å²) in [6, 6.07) is 5.08. The minimum absolute atomic E-state index is 0.149. The second-order valence-electron chi connectivity index (χ2n) is 6.11. The number of hydrogen-bond donors (Lipinski definition) is 1. The number of nitrogens with one attached hydrogen (secondary N) is 1. The van der Waals surface area contributed by atoms with Crippen molar-refractivity contribution in [3.05, 3.63) is 41.9 Å². The van der Waals surface area contributed by atoms with E-state index in [9.17, 15) is 8.42 Å². The number of thiazole rings is 1. The first-order valence-corrected chi connectivity index (χ1v) is 9.31. The van der Waals surface area contributed by atoms with Crippen LogP contribution in [0.5, 0.6) is 0 Å². The number of hydrogen-bond acceptors (Lipinski definition) is 6. The van der Waals surface area contributed by atoms with E-state index in [2.05, 4.69) is 19.7 Å². The van der Waals surface area contributed by atoms with Crippen LogP contribution in [0, 0.1) is 0 Å².